The van der Waals surface area contributed by atoms with Crippen molar-refractivity contribution in [1.82, 2.24) is 14.6 Å². The van der Waals surface area contributed by atoms with Crippen LogP contribution >= 0.6 is 0 Å². The Hall–Kier alpha value is -0.850. The third-order valence-corrected chi connectivity index (χ3v) is 5.42. The molecule has 0 amide bonds. The molecule has 0 aliphatic heterocycles. The van der Waals surface area contributed by atoms with Crippen LogP contribution in [0, 0.1) is 5.92 Å². The lowest BCUT2D eigenvalue weighted by molar-refractivity contribution is 0.528. The van der Waals surface area contributed by atoms with Crippen molar-refractivity contribution in [3.05, 3.63) is 18.0 Å². The Balaban J connectivity index is 2.14. The van der Waals surface area contributed by atoms with Crippen LogP contribution in [0.15, 0.2) is 17.2 Å². The molecule has 1 aliphatic rings. The van der Waals surface area contributed by atoms with E-state index < -0.39 is 10.0 Å². The van der Waals surface area contributed by atoms with E-state index in [0.717, 1.165) is 31.5 Å². The monoisotopic (exact) mass is 313 g/mol. The highest BCUT2D eigenvalue weighted by molar-refractivity contribution is 7.89. The zero-order valence-corrected chi connectivity index (χ0v) is 14.0. The van der Waals surface area contributed by atoms with Gasteiger partial charge in [-0.1, -0.05) is 27.2 Å². The minimum atomic E-state index is -3.40. The fraction of sp³-hybridized carbons (Fsp3) is 0.733. The Morgan fingerprint density at radius 3 is 2.67 bits per heavy atom. The first-order chi connectivity index (χ1) is 9.97. The molecular weight excluding hydrogens is 286 g/mol. The fourth-order valence-electron chi connectivity index (χ4n) is 2.21. The molecule has 0 aromatic carbocycles. The summed E-state index contributed by atoms with van der Waals surface area (Å²) in [6.07, 6.45) is 5.06. The summed E-state index contributed by atoms with van der Waals surface area (Å²) in [7, 11) is -3.40. The molecule has 5 nitrogen and oxygen atoms in total. The Morgan fingerprint density at radius 2 is 2.10 bits per heavy atom. The maximum Gasteiger partial charge on any atom is 0.242 e. The quantitative estimate of drug-likeness (QED) is 0.735. The average Bonchev–Trinajstić information content (AvgIpc) is 3.22. The molecule has 2 N–H and O–H groups in total. The molecule has 0 spiro atoms. The minimum Gasteiger partial charge on any atom is -0.346 e. The van der Waals surface area contributed by atoms with Crippen LogP contribution in [0.25, 0.3) is 0 Å². The van der Waals surface area contributed by atoms with Crippen LogP contribution < -0.4 is 10.0 Å². The molecule has 21 heavy (non-hydrogen) atoms. The van der Waals surface area contributed by atoms with Crippen LogP contribution in [0.5, 0.6) is 0 Å². The van der Waals surface area contributed by atoms with E-state index in [0.29, 0.717) is 29.9 Å². The Labute approximate surface area is 128 Å². The van der Waals surface area contributed by atoms with E-state index in [2.05, 4.69) is 35.4 Å². The number of hydrogen-bond donors (Lipinski definition) is 2. The molecule has 1 aliphatic carbocycles. The number of aromatic nitrogens is 1. The molecule has 1 aromatic heterocycles. The molecule has 1 unspecified atom stereocenters. The standard InChI is InChI=1S/C15H27N3O2S/c1-4-12(3)9-17-21(19,20)15-8-14(10-16-5-2)18(11-15)13-6-7-13/h8,11-13,16-17H,4-7,9-10H2,1-3H3. The summed E-state index contributed by atoms with van der Waals surface area (Å²) in [6, 6.07) is 2.29. The van der Waals surface area contributed by atoms with Crippen molar-refractivity contribution in [2.75, 3.05) is 13.1 Å². The first kappa shape index (κ1) is 16.5. The summed E-state index contributed by atoms with van der Waals surface area (Å²) in [6.45, 7) is 8.26. The van der Waals surface area contributed by atoms with Gasteiger partial charge in [0.1, 0.15) is 0 Å². The van der Waals surface area contributed by atoms with E-state index in [9.17, 15) is 8.42 Å². The molecule has 1 heterocycles. The minimum absolute atomic E-state index is 0.353. The number of hydrogen-bond acceptors (Lipinski definition) is 3. The molecular formula is C15H27N3O2S. The lowest BCUT2D eigenvalue weighted by Crippen LogP contribution is -2.28. The van der Waals surface area contributed by atoms with E-state index in [1.54, 1.807) is 12.3 Å². The molecule has 1 saturated carbocycles. The van der Waals surface area contributed by atoms with Gasteiger partial charge < -0.3 is 9.88 Å². The van der Waals surface area contributed by atoms with E-state index in [-0.39, 0.29) is 0 Å². The molecule has 6 heteroatoms. The largest absolute Gasteiger partial charge is 0.346 e. The second-order valence-electron chi connectivity index (χ2n) is 5.95. The van der Waals surface area contributed by atoms with Gasteiger partial charge >= 0.3 is 0 Å². The zero-order chi connectivity index (χ0) is 15.5. The van der Waals surface area contributed by atoms with Crippen LogP contribution in [0.4, 0.5) is 0 Å². The molecule has 1 aromatic rings. The lowest BCUT2D eigenvalue weighted by Gasteiger charge is -2.09. The topological polar surface area (TPSA) is 63.1 Å². The van der Waals surface area contributed by atoms with Gasteiger partial charge in [0.2, 0.25) is 10.0 Å². The first-order valence-electron chi connectivity index (χ1n) is 7.89. The van der Waals surface area contributed by atoms with Gasteiger partial charge in [-0.15, -0.1) is 0 Å². The number of rotatable bonds is 9. The molecule has 120 valence electrons. The summed E-state index contributed by atoms with van der Waals surface area (Å²) in [5.41, 5.74) is 1.06. The average molecular weight is 313 g/mol. The van der Waals surface area contributed by atoms with E-state index in [1.807, 2.05) is 0 Å². The van der Waals surface area contributed by atoms with Crippen molar-refractivity contribution in [2.45, 2.75) is 57.5 Å². The molecule has 0 bridgehead atoms. The molecule has 0 saturated heterocycles. The molecule has 1 fully saturated rings. The van der Waals surface area contributed by atoms with Gasteiger partial charge in [0, 0.05) is 31.0 Å². The third-order valence-electron chi connectivity index (χ3n) is 4.03. The van der Waals surface area contributed by atoms with Crippen molar-refractivity contribution in [3.63, 3.8) is 0 Å². The smallest absolute Gasteiger partial charge is 0.242 e. The highest BCUT2D eigenvalue weighted by Crippen LogP contribution is 2.37. The van der Waals surface area contributed by atoms with Crippen molar-refractivity contribution >= 4 is 10.0 Å². The third kappa shape index (κ3) is 4.31. The molecule has 1 atom stereocenters. The van der Waals surface area contributed by atoms with Gasteiger partial charge in [0.15, 0.2) is 0 Å². The summed E-state index contributed by atoms with van der Waals surface area (Å²) in [5.74, 6) is 0.353. The highest BCUT2D eigenvalue weighted by Gasteiger charge is 2.28. The summed E-state index contributed by atoms with van der Waals surface area (Å²) >= 11 is 0. The van der Waals surface area contributed by atoms with Crippen molar-refractivity contribution < 1.29 is 8.42 Å². The Morgan fingerprint density at radius 1 is 1.38 bits per heavy atom. The summed E-state index contributed by atoms with van der Waals surface area (Å²) in [5, 5.41) is 3.28. The number of nitrogens with zero attached hydrogens (tertiary/aromatic N) is 1. The van der Waals surface area contributed by atoms with Gasteiger partial charge in [0.05, 0.1) is 4.90 Å². The van der Waals surface area contributed by atoms with Gasteiger partial charge in [0.25, 0.3) is 0 Å². The maximum atomic E-state index is 12.4. The predicted molar refractivity (Wildman–Crippen MR) is 84.7 cm³/mol. The van der Waals surface area contributed by atoms with Crippen LogP contribution in [0.2, 0.25) is 0 Å². The number of nitrogens with one attached hydrogen (secondary N) is 2. The van der Waals surface area contributed by atoms with Gasteiger partial charge in [-0.2, -0.15) is 0 Å². The Bertz CT molecular complexity index is 561. The second-order valence-corrected chi connectivity index (χ2v) is 7.72. The SMILES string of the molecule is CCNCc1cc(S(=O)(=O)NCC(C)CC)cn1C1CC1. The van der Waals surface area contributed by atoms with Crippen LogP contribution in [0.1, 0.15) is 51.8 Å². The van der Waals surface area contributed by atoms with E-state index in [4.69, 9.17) is 0 Å². The first-order valence-corrected chi connectivity index (χ1v) is 9.37. The van der Waals surface area contributed by atoms with Crippen molar-refractivity contribution in [2.24, 2.45) is 5.92 Å². The molecule has 0 radical (unpaired) electrons. The fourth-order valence-corrected chi connectivity index (χ4v) is 3.42. The van der Waals surface area contributed by atoms with Crippen LogP contribution in [0.3, 0.4) is 0 Å². The van der Waals surface area contributed by atoms with Gasteiger partial charge in [-0.3, -0.25) is 0 Å². The number of sulfonamides is 1. The normalized spacial score (nSPS) is 17.1. The highest BCUT2D eigenvalue weighted by atomic mass is 32.2. The Kier molecular flexibility index (Phi) is 5.46. The van der Waals surface area contributed by atoms with Gasteiger partial charge in [-0.05, 0) is 31.4 Å². The van der Waals surface area contributed by atoms with Crippen molar-refractivity contribution in [3.8, 4) is 0 Å². The van der Waals surface area contributed by atoms with Crippen LogP contribution in [-0.2, 0) is 16.6 Å². The zero-order valence-electron chi connectivity index (χ0n) is 13.2. The summed E-state index contributed by atoms with van der Waals surface area (Å²) in [4.78, 5) is 0.394. The maximum absolute atomic E-state index is 12.4. The van der Waals surface area contributed by atoms with E-state index in [1.165, 1.54) is 0 Å². The molecule has 2 rings (SSSR count). The lowest BCUT2D eigenvalue weighted by atomic mass is 10.1. The summed E-state index contributed by atoms with van der Waals surface area (Å²) < 4.78 is 29.6. The van der Waals surface area contributed by atoms with Gasteiger partial charge in [-0.25, -0.2) is 13.1 Å². The predicted octanol–water partition coefficient (Wildman–Crippen LogP) is 2.26. The van der Waals surface area contributed by atoms with Crippen LogP contribution in [-0.4, -0.2) is 26.1 Å². The van der Waals surface area contributed by atoms with E-state index >= 15 is 0 Å². The van der Waals surface area contributed by atoms with Crippen molar-refractivity contribution in [1.29, 1.82) is 0 Å². The second kappa shape index (κ2) is 6.94.